The third-order valence-electron chi connectivity index (χ3n) is 2.10. The fourth-order valence-corrected chi connectivity index (χ4v) is 1.40. The third kappa shape index (κ3) is 3.82. The van der Waals surface area contributed by atoms with Crippen molar-refractivity contribution in [3.63, 3.8) is 0 Å². The van der Waals surface area contributed by atoms with Crippen LogP contribution in [-0.2, 0) is 11.2 Å². The summed E-state index contributed by atoms with van der Waals surface area (Å²) in [7, 11) is 0. The van der Waals surface area contributed by atoms with Crippen molar-refractivity contribution in [2.45, 2.75) is 19.5 Å². The van der Waals surface area contributed by atoms with Crippen LogP contribution in [0, 0.1) is 0 Å². The van der Waals surface area contributed by atoms with E-state index in [9.17, 15) is 18.4 Å². The first-order valence-corrected chi connectivity index (χ1v) is 4.78. The molecule has 0 bridgehead atoms. The van der Waals surface area contributed by atoms with Gasteiger partial charge in [-0.3, -0.25) is 9.59 Å². The first kappa shape index (κ1) is 13.1. The zero-order valence-electron chi connectivity index (χ0n) is 8.73. The summed E-state index contributed by atoms with van der Waals surface area (Å²) in [6, 6.07) is 4.09. The van der Waals surface area contributed by atoms with E-state index in [1.54, 1.807) is 0 Å². The zero-order chi connectivity index (χ0) is 12.8. The van der Waals surface area contributed by atoms with Gasteiger partial charge in [-0.15, -0.1) is 0 Å². The van der Waals surface area contributed by atoms with Crippen molar-refractivity contribution in [3.8, 4) is 5.75 Å². The van der Waals surface area contributed by atoms with Crippen LogP contribution in [0.2, 0.25) is 0 Å². The summed E-state index contributed by atoms with van der Waals surface area (Å²) in [6.45, 7) is -3.01. The number of aliphatic carboxylic acids is 1. The largest absolute Gasteiger partial charge is 0.481 e. The Hall–Kier alpha value is -1.98. The van der Waals surface area contributed by atoms with Crippen molar-refractivity contribution in [1.29, 1.82) is 0 Å². The number of hydrogen-bond donors (Lipinski definition) is 1. The van der Waals surface area contributed by atoms with E-state index in [2.05, 4.69) is 4.74 Å². The Labute approximate surface area is 95.8 Å². The molecule has 0 heterocycles. The van der Waals surface area contributed by atoms with Crippen molar-refractivity contribution in [2.24, 2.45) is 0 Å². The molecule has 4 nitrogen and oxygen atoms in total. The van der Waals surface area contributed by atoms with Crippen LogP contribution >= 0.6 is 0 Å². The highest BCUT2D eigenvalue weighted by Gasteiger charge is 2.14. The molecule has 1 aromatic carbocycles. The number of aldehydes is 1. The van der Waals surface area contributed by atoms with Crippen LogP contribution in [0.5, 0.6) is 5.75 Å². The highest BCUT2D eigenvalue weighted by atomic mass is 19.3. The first-order valence-electron chi connectivity index (χ1n) is 4.78. The molecule has 17 heavy (non-hydrogen) atoms. The molecule has 1 aromatic rings. The number of carbonyl (C=O) groups is 2. The highest BCUT2D eigenvalue weighted by molar-refractivity contribution is 5.79. The number of halogens is 2. The smallest absolute Gasteiger partial charge is 0.387 e. The van der Waals surface area contributed by atoms with E-state index in [0.717, 1.165) is 0 Å². The quantitative estimate of drug-likeness (QED) is 0.778. The van der Waals surface area contributed by atoms with Gasteiger partial charge in [0.05, 0.1) is 0 Å². The molecule has 1 rings (SSSR count). The second-order valence-corrected chi connectivity index (χ2v) is 3.21. The standard InChI is InChI=1S/C11H10F2O4/c12-11(13)17-9-3-1-2-7(6-14)8(9)4-5-10(15)16/h1-3,6,11H,4-5H2,(H,15,16). The van der Waals surface area contributed by atoms with Gasteiger partial charge in [0.1, 0.15) is 12.0 Å². The third-order valence-corrected chi connectivity index (χ3v) is 2.10. The first-order chi connectivity index (χ1) is 8.04. The van der Waals surface area contributed by atoms with Gasteiger partial charge < -0.3 is 9.84 Å². The van der Waals surface area contributed by atoms with E-state index in [1.165, 1.54) is 18.2 Å². The summed E-state index contributed by atoms with van der Waals surface area (Å²) in [4.78, 5) is 21.1. The van der Waals surface area contributed by atoms with E-state index in [-0.39, 0.29) is 29.7 Å². The van der Waals surface area contributed by atoms with Gasteiger partial charge in [-0.25, -0.2) is 0 Å². The molecule has 0 radical (unpaired) electrons. The van der Waals surface area contributed by atoms with Crippen LogP contribution in [-0.4, -0.2) is 24.0 Å². The number of alkyl halides is 2. The van der Waals surface area contributed by atoms with E-state index < -0.39 is 12.6 Å². The molecule has 92 valence electrons. The molecule has 6 heteroatoms. The molecule has 0 amide bonds. The lowest BCUT2D eigenvalue weighted by Gasteiger charge is -2.11. The van der Waals surface area contributed by atoms with Gasteiger partial charge >= 0.3 is 12.6 Å². The number of carbonyl (C=O) groups excluding carboxylic acids is 1. The molecule has 0 atom stereocenters. The van der Waals surface area contributed by atoms with Crippen LogP contribution in [0.4, 0.5) is 8.78 Å². The molecular formula is C11H10F2O4. The average Bonchev–Trinajstić information content (AvgIpc) is 2.26. The van der Waals surface area contributed by atoms with Crippen LogP contribution < -0.4 is 4.74 Å². The molecule has 0 spiro atoms. The lowest BCUT2D eigenvalue weighted by atomic mass is 10.0. The number of hydrogen-bond acceptors (Lipinski definition) is 3. The number of carboxylic acids is 1. The zero-order valence-corrected chi connectivity index (χ0v) is 8.73. The Bertz CT molecular complexity index is 418. The molecule has 0 aromatic heterocycles. The SMILES string of the molecule is O=Cc1cccc(OC(F)F)c1CCC(=O)O. The molecule has 0 fully saturated rings. The molecular weight excluding hydrogens is 234 g/mol. The van der Waals surface area contributed by atoms with Crippen molar-refractivity contribution in [3.05, 3.63) is 29.3 Å². The lowest BCUT2D eigenvalue weighted by molar-refractivity contribution is -0.136. The average molecular weight is 244 g/mol. The molecule has 0 aliphatic heterocycles. The van der Waals surface area contributed by atoms with E-state index in [1.807, 2.05) is 0 Å². The van der Waals surface area contributed by atoms with Gasteiger partial charge in [0.2, 0.25) is 0 Å². The van der Waals surface area contributed by atoms with Crippen molar-refractivity contribution in [1.82, 2.24) is 0 Å². The van der Waals surface area contributed by atoms with Gasteiger partial charge in [0, 0.05) is 17.5 Å². The van der Waals surface area contributed by atoms with Crippen LogP contribution in [0.15, 0.2) is 18.2 Å². The van der Waals surface area contributed by atoms with Gasteiger partial charge in [-0.2, -0.15) is 8.78 Å². The molecule has 0 unspecified atom stereocenters. The molecule has 0 saturated carbocycles. The minimum absolute atomic E-state index is 0.0354. The van der Waals surface area contributed by atoms with Crippen LogP contribution in [0.1, 0.15) is 22.3 Å². The highest BCUT2D eigenvalue weighted by Crippen LogP contribution is 2.24. The van der Waals surface area contributed by atoms with Gasteiger partial charge in [0.25, 0.3) is 0 Å². The summed E-state index contributed by atoms with van der Waals surface area (Å²) in [5, 5.41) is 8.53. The van der Waals surface area contributed by atoms with Crippen LogP contribution in [0.3, 0.4) is 0 Å². The second kappa shape index (κ2) is 5.93. The Morgan fingerprint density at radius 3 is 2.71 bits per heavy atom. The summed E-state index contributed by atoms with van der Waals surface area (Å²) >= 11 is 0. The molecule has 0 aliphatic rings. The Kier molecular flexibility index (Phi) is 4.56. The van der Waals surface area contributed by atoms with Gasteiger partial charge in [-0.05, 0) is 12.5 Å². The van der Waals surface area contributed by atoms with Crippen LogP contribution in [0.25, 0.3) is 0 Å². The molecule has 0 aliphatic carbocycles. The maximum Gasteiger partial charge on any atom is 0.387 e. The monoisotopic (exact) mass is 244 g/mol. The maximum absolute atomic E-state index is 12.1. The van der Waals surface area contributed by atoms with Crippen molar-refractivity contribution >= 4 is 12.3 Å². The lowest BCUT2D eigenvalue weighted by Crippen LogP contribution is -2.07. The van der Waals surface area contributed by atoms with Gasteiger partial charge in [0.15, 0.2) is 0 Å². The van der Waals surface area contributed by atoms with E-state index in [0.29, 0.717) is 6.29 Å². The Balaban J connectivity index is 3.01. The predicted octanol–water partition coefficient (Wildman–Crippen LogP) is 2.12. The second-order valence-electron chi connectivity index (χ2n) is 3.21. The fraction of sp³-hybridized carbons (Fsp3) is 0.273. The number of carboxylic acid groups (broad SMARTS) is 1. The van der Waals surface area contributed by atoms with Gasteiger partial charge in [-0.1, -0.05) is 12.1 Å². The number of benzene rings is 1. The minimum Gasteiger partial charge on any atom is -0.481 e. The normalized spacial score (nSPS) is 10.3. The topological polar surface area (TPSA) is 63.6 Å². The summed E-state index contributed by atoms with van der Waals surface area (Å²) in [5.74, 6) is -1.24. The Morgan fingerprint density at radius 2 is 2.18 bits per heavy atom. The molecule has 1 N–H and O–H groups in total. The number of rotatable bonds is 6. The van der Waals surface area contributed by atoms with Crippen molar-refractivity contribution < 1.29 is 28.2 Å². The Morgan fingerprint density at radius 1 is 1.47 bits per heavy atom. The molecule has 0 saturated heterocycles. The number of ether oxygens (including phenoxy) is 1. The van der Waals surface area contributed by atoms with Crippen molar-refractivity contribution in [2.75, 3.05) is 0 Å². The summed E-state index contributed by atoms with van der Waals surface area (Å²) in [6.07, 6.45) is 0.187. The van der Waals surface area contributed by atoms with E-state index >= 15 is 0 Å². The summed E-state index contributed by atoms with van der Waals surface area (Å²) in [5.41, 5.74) is 0.342. The fourth-order valence-electron chi connectivity index (χ4n) is 1.40. The summed E-state index contributed by atoms with van der Waals surface area (Å²) < 4.78 is 28.5. The maximum atomic E-state index is 12.1. The predicted molar refractivity (Wildman–Crippen MR) is 54.4 cm³/mol. The minimum atomic E-state index is -3.01. The van der Waals surface area contributed by atoms with E-state index in [4.69, 9.17) is 5.11 Å².